The van der Waals surface area contributed by atoms with Crippen molar-refractivity contribution in [1.29, 1.82) is 0 Å². The topological polar surface area (TPSA) is 58.4 Å². The van der Waals surface area contributed by atoms with Gasteiger partial charge in [0.2, 0.25) is 5.91 Å². The van der Waals surface area contributed by atoms with E-state index >= 15 is 0 Å². The van der Waals surface area contributed by atoms with Gasteiger partial charge in [0.25, 0.3) is 0 Å². The molecule has 0 aliphatic carbocycles. The summed E-state index contributed by atoms with van der Waals surface area (Å²) in [6, 6.07) is 4.65. The van der Waals surface area contributed by atoms with Gasteiger partial charge in [-0.15, -0.1) is 0 Å². The van der Waals surface area contributed by atoms with Crippen LogP contribution in [0.1, 0.15) is 13.8 Å². The summed E-state index contributed by atoms with van der Waals surface area (Å²) in [5.74, 6) is -0.531. The lowest BCUT2D eigenvalue weighted by Gasteiger charge is -2.43. The monoisotopic (exact) mass is 237 g/mol. The van der Waals surface area contributed by atoms with Crippen LogP contribution in [0, 0.1) is 5.82 Å². The Bertz CT molecular complexity index is 459. The second kappa shape index (κ2) is 3.91. The van der Waals surface area contributed by atoms with E-state index in [1.54, 1.807) is 26.0 Å². The van der Waals surface area contributed by atoms with Crippen LogP contribution in [0.3, 0.4) is 0 Å². The zero-order valence-corrected chi connectivity index (χ0v) is 9.96. The van der Waals surface area contributed by atoms with Crippen LogP contribution < -0.4 is 16.0 Å². The van der Waals surface area contributed by atoms with E-state index in [1.807, 2.05) is 4.90 Å². The van der Waals surface area contributed by atoms with Gasteiger partial charge >= 0.3 is 0 Å². The molecule has 0 aromatic heterocycles. The first-order valence-electron chi connectivity index (χ1n) is 5.54. The van der Waals surface area contributed by atoms with Gasteiger partial charge in [-0.3, -0.25) is 4.79 Å². The zero-order chi connectivity index (χ0) is 12.6. The summed E-state index contributed by atoms with van der Waals surface area (Å²) in [4.78, 5) is 13.6. The number of hydrogen-bond donors (Lipinski definition) is 2. The molecule has 92 valence electrons. The predicted octanol–water partition coefficient (Wildman–Crippen LogP) is 1.12. The highest BCUT2D eigenvalue weighted by Crippen LogP contribution is 2.32. The molecule has 1 aliphatic heterocycles. The molecule has 0 unspecified atom stereocenters. The van der Waals surface area contributed by atoms with Crippen molar-refractivity contribution in [3.8, 4) is 0 Å². The van der Waals surface area contributed by atoms with Crippen LogP contribution in [0.15, 0.2) is 18.2 Å². The van der Waals surface area contributed by atoms with Gasteiger partial charge in [-0.25, -0.2) is 4.39 Å². The first-order valence-corrected chi connectivity index (χ1v) is 5.54. The van der Waals surface area contributed by atoms with E-state index in [1.165, 1.54) is 6.07 Å². The molecular formula is C12H16FN3O. The first-order chi connectivity index (χ1) is 7.94. The molecule has 17 heavy (non-hydrogen) atoms. The minimum Gasteiger partial charge on any atom is -0.395 e. The number of para-hydroxylation sites is 1. The molecule has 1 aliphatic rings. The highest BCUT2D eigenvalue weighted by molar-refractivity contribution is 5.91. The van der Waals surface area contributed by atoms with Gasteiger partial charge in [-0.2, -0.15) is 0 Å². The van der Waals surface area contributed by atoms with Crippen LogP contribution in [0.25, 0.3) is 0 Å². The molecule has 0 spiro atoms. The maximum atomic E-state index is 13.4. The number of halogens is 1. The number of rotatable bonds is 1. The number of benzene rings is 1. The van der Waals surface area contributed by atoms with Crippen molar-refractivity contribution in [3.05, 3.63) is 24.0 Å². The lowest BCUT2D eigenvalue weighted by atomic mass is 9.97. The fourth-order valence-electron chi connectivity index (χ4n) is 2.08. The predicted molar refractivity (Wildman–Crippen MR) is 65.2 cm³/mol. The molecule has 1 aromatic carbocycles. The van der Waals surface area contributed by atoms with E-state index in [4.69, 9.17) is 5.73 Å². The number of hydrogen-bond acceptors (Lipinski definition) is 3. The van der Waals surface area contributed by atoms with Crippen LogP contribution in [0.5, 0.6) is 0 Å². The number of amides is 1. The van der Waals surface area contributed by atoms with Crippen LogP contribution in [0.2, 0.25) is 0 Å². The minimum absolute atomic E-state index is 0.0765. The van der Waals surface area contributed by atoms with Crippen molar-refractivity contribution in [2.75, 3.05) is 23.7 Å². The molecule has 1 heterocycles. The Hall–Kier alpha value is -1.78. The molecule has 2 rings (SSSR count). The third kappa shape index (κ3) is 1.81. The largest absolute Gasteiger partial charge is 0.395 e. The average molecular weight is 237 g/mol. The molecule has 0 radical (unpaired) electrons. The summed E-state index contributed by atoms with van der Waals surface area (Å²) in [5.41, 5.74) is 5.68. The summed E-state index contributed by atoms with van der Waals surface area (Å²) in [5, 5.41) is 2.79. The molecule has 0 bridgehead atoms. The van der Waals surface area contributed by atoms with Gasteiger partial charge in [-0.05, 0) is 26.0 Å². The molecular weight excluding hydrogens is 221 g/mol. The number of piperazine rings is 1. The van der Waals surface area contributed by atoms with E-state index in [0.717, 1.165) is 0 Å². The number of nitrogens with zero attached hydrogens (tertiary/aromatic N) is 1. The summed E-state index contributed by atoms with van der Waals surface area (Å²) in [7, 11) is 0. The Morgan fingerprint density at radius 3 is 2.88 bits per heavy atom. The second-order valence-electron chi connectivity index (χ2n) is 4.64. The van der Waals surface area contributed by atoms with Crippen LogP contribution in [0.4, 0.5) is 15.8 Å². The van der Waals surface area contributed by atoms with Gasteiger partial charge in [0.05, 0.1) is 11.4 Å². The van der Waals surface area contributed by atoms with Crippen LogP contribution >= 0.6 is 0 Å². The quantitative estimate of drug-likeness (QED) is 0.720. The molecule has 1 fully saturated rings. The Morgan fingerprint density at radius 2 is 2.18 bits per heavy atom. The van der Waals surface area contributed by atoms with Gasteiger partial charge in [-0.1, -0.05) is 6.07 Å². The molecule has 5 heteroatoms. The summed E-state index contributed by atoms with van der Waals surface area (Å²) >= 11 is 0. The Balaban J connectivity index is 2.45. The number of nitrogens with two attached hydrogens (primary N) is 1. The van der Waals surface area contributed by atoms with Crippen LogP contribution in [-0.4, -0.2) is 24.5 Å². The summed E-state index contributed by atoms with van der Waals surface area (Å²) in [6.07, 6.45) is 0. The normalized spacial score (nSPS) is 19.0. The van der Waals surface area contributed by atoms with E-state index in [0.29, 0.717) is 18.8 Å². The highest BCUT2D eigenvalue weighted by atomic mass is 19.1. The summed E-state index contributed by atoms with van der Waals surface area (Å²) < 4.78 is 13.4. The SMILES string of the molecule is CC1(C)C(=O)NCCN1c1cccc(F)c1N. The van der Waals surface area contributed by atoms with Gasteiger partial charge in [0.15, 0.2) is 0 Å². The lowest BCUT2D eigenvalue weighted by molar-refractivity contribution is -0.126. The molecule has 0 atom stereocenters. The van der Waals surface area contributed by atoms with Gasteiger partial charge in [0, 0.05) is 13.1 Å². The fraction of sp³-hybridized carbons (Fsp3) is 0.417. The number of carbonyl (C=O) groups excluding carboxylic acids is 1. The Labute approximate surface area is 99.6 Å². The lowest BCUT2D eigenvalue weighted by Crippen LogP contribution is -2.62. The van der Waals surface area contributed by atoms with Crippen molar-refractivity contribution in [2.24, 2.45) is 0 Å². The maximum Gasteiger partial charge on any atom is 0.245 e. The zero-order valence-electron chi connectivity index (χ0n) is 9.96. The van der Waals surface area contributed by atoms with Crippen molar-refractivity contribution in [3.63, 3.8) is 0 Å². The summed E-state index contributed by atoms with van der Waals surface area (Å²) in [6.45, 7) is 4.75. The molecule has 3 N–H and O–H groups in total. The van der Waals surface area contributed by atoms with Crippen molar-refractivity contribution < 1.29 is 9.18 Å². The number of nitrogens with one attached hydrogen (secondary N) is 1. The van der Waals surface area contributed by atoms with E-state index < -0.39 is 11.4 Å². The minimum atomic E-state index is -0.722. The third-order valence-corrected chi connectivity index (χ3v) is 3.17. The number of anilines is 2. The number of carbonyl (C=O) groups is 1. The fourth-order valence-corrected chi connectivity index (χ4v) is 2.08. The molecule has 1 saturated heterocycles. The van der Waals surface area contributed by atoms with Crippen molar-refractivity contribution in [1.82, 2.24) is 5.32 Å². The third-order valence-electron chi connectivity index (χ3n) is 3.17. The van der Waals surface area contributed by atoms with Crippen molar-refractivity contribution >= 4 is 17.3 Å². The standard InChI is InChI=1S/C12H16FN3O/c1-12(2)11(17)15-6-7-16(12)9-5-3-4-8(13)10(9)14/h3-5H,6-7,14H2,1-2H3,(H,15,17). The van der Waals surface area contributed by atoms with Gasteiger partial charge < -0.3 is 16.0 Å². The van der Waals surface area contributed by atoms with E-state index in [-0.39, 0.29) is 11.6 Å². The highest BCUT2D eigenvalue weighted by Gasteiger charge is 2.38. The Kier molecular flexibility index (Phi) is 2.69. The molecule has 4 nitrogen and oxygen atoms in total. The smallest absolute Gasteiger partial charge is 0.245 e. The van der Waals surface area contributed by atoms with Crippen LogP contribution in [-0.2, 0) is 4.79 Å². The second-order valence-corrected chi connectivity index (χ2v) is 4.64. The molecule has 1 amide bonds. The van der Waals surface area contributed by atoms with Crippen molar-refractivity contribution in [2.45, 2.75) is 19.4 Å². The Morgan fingerprint density at radius 1 is 1.47 bits per heavy atom. The molecule has 0 saturated carbocycles. The van der Waals surface area contributed by atoms with E-state index in [9.17, 15) is 9.18 Å². The van der Waals surface area contributed by atoms with E-state index in [2.05, 4.69) is 5.32 Å². The number of nitrogen functional groups attached to an aromatic ring is 1. The average Bonchev–Trinajstić information content (AvgIpc) is 2.27. The maximum absolute atomic E-state index is 13.4. The molecule has 1 aromatic rings. The van der Waals surface area contributed by atoms with Gasteiger partial charge in [0.1, 0.15) is 11.4 Å². The first kappa shape index (κ1) is 11.7.